The van der Waals surface area contributed by atoms with Gasteiger partial charge in [0.2, 0.25) is 0 Å². The molecule has 0 unspecified atom stereocenters. The number of benzene rings is 1. The van der Waals surface area contributed by atoms with Crippen molar-refractivity contribution < 1.29 is 17.6 Å². The van der Waals surface area contributed by atoms with Crippen molar-refractivity contribution in [3.63, 3.8) is 0 Å². The Morgan fingerprint density at radius 2 is 1.72 bits per heavy atom. The van der Waals surface area contributed by atoms with Crippen LogP contribution in [0.5, 0.6) is 0 Å². The monoisotopic (exact) mass is 263 g/mol. The molecule has 18 heavy (non-hydrogen) atoms. The summed E-state index contributed by atoms with van der Waals surface area (Å²) in [5, 5.41) is 2.01. The molecular formula is C11H13F4N3. The zero-order valence-electron chi connectivity index (χ0n) is 9.90. The summed E-state index contributed by atoms with van der Waals surface area (Å²) in [7, 11) is 0. The molecule has 0 heterocycles. The highest BCUT2D eigenvalue weighted by Gasteiger charge is 2.19. The molecule has 1 rings (SSSR count). The van der Waals surface area contributed by atoms with Gasteiger partial charge >= 0.3 is 0 Å². The predicted octanol–water partition coefficient (Wildman–Crippen LogP) is 2.63. The molecule has 7 heteroatoms. The summed E-state index contributed by atoms with van der Waals surface area (Å²) in [6, 6.07) is 0.122. The highest BCUT2D eigenvalue weighted by atomic mass is 19.2. The number of aliphatic imine (C=N–C) groups is 1. The van der Waals surface area contributed by atoms with Crippen LogP contribution in [0, 0.1) is 29.2 Å². The minimum Gasteiger partial charge on any atom is -0.370 e. The van der Waals surface area contributed by atoms with Crippen molar-refractivity contribution in [1.82, 2.24) is 0 Å². The maximum Gasteiger partial charge on any atom is 0.193 e. The van der Waals surface area contributed by atoms with Gasteiger partial charge in [-0.3, -0.25) is 4.99 Å². The van der Waals surface area contributed by atoms with Crippen LogP contribution in [0.1, 0.15) is 13.8 Å². The quantitative estimate of drug-likeness (QED) is 0.381. The van der Waals surface area contributed by atoms with Gasteiger partial charge in [0.15, 0.2) is 29.2 Å². The lowest BCUT2D eigenvalue weighted by atomic mass is 10.2. The topological polar surface area (TPSA) is 50.4 Å². The average Bonchev–Trinajstić information content (AvgIpc) is 2.29. The van der Waals surface area contributed by atoms with Crippen molar-refractivity contribution >= 4 is 11.6 Å². The minimum atomic E-state index is -1.54. The molecule has 0 spiro atoms. The molecule has 0 saturated carbocycles. The largest absolute Gasteiger partial charge is 0.370 e. The number of nitrogens with two attached hydrogens (primary N) is 1. The number of guanidine groups is 1. The van der Waals surface area contributed by atoms with Crippen molar-refractivity contribution in [3.05, 3.63) is 29.3 Å². The molecule has 0 atom stereocenters. The number of anilines is 1. The molecule has 0 aliphatic heterocycles. The fraction of sp³-hybridized carbons (Fsp3) is 0.364. The van der Waals surface area contributed by atoms with E-state index in [1.807, 2.05) is 19.2 Å². The van der Waals surface area contributed by atoms with Crippen molar-refractivity contribution in [2.45, 2.75) is 13.8 Å². The first kappa shape index (κ1) is 14.3. The molecule has 0 aliphatic rings. The van der Waals surface area contributed by atoms with E-state index in [2.05, 4.69) is 4.99 Å². The lowest BCUT2D eigenvalue weighted by molar-refractivity contribution is 0.459. The van der Waals surface area contributed by atoms with Gasteiger partial charge in [0.05, 0.1) is 0 Å². The van der Waals surface area contributed by atoms with E-state index < -0.39 is 29.0 Å². The van der Waals surface area contributed by atoms with E-state index in [1.165, 1.54) is 0 Å². The fourth-order valence-corrected chi connectivity index (χ4v) is 1.13. The van der Waals surface area contributed by atoms with Crippen LogP contribution >= 0.6 is 0 Å². The molecule has 0 aliphatic carbocycles. The minimum absolute atomic E-state index is 0.122. The van der Waals surface area contributed by atoms with E-state index in [9.17, 15) is 17.6 Å². The Labute approximate surface area is 102 Å². The summed E-state index contributed by atoms with van der Waals surface area (Å²) in [5.41, 5.74) is 4.36. The first-order chi connectivity index (χ1) is 8.32. The summed E-state index contributed by atoms with van der Waals surface area (Å²) in [6.45, 7) is 4.04. The molecule has 1 aromatic carbocycles. The molecule has 0 bridgehead atoms. The number of hydrogen-bond acceptors (Lipinski definition) is 1. The van der Waals surface area contributed by atoms with Crippen molar-refractivity contribution in [2.75, 3.05) is 11.9 Å². The maximum absolute atomic E-state index is 13.2. The molecule has 0 radical (unpaired) electrons. The molecule has 1 aromatic rings. The Morgan fingerprint density at radius 1 is 1.22 bits per heavy atom. The van der Waals surface area contributed by atoms with Crippen LogP contribution in [0.2, 0.25) is 0 Å². The summed E-state index contributed by atoms with van der Waals surface area (Å²) in [6.07, 6.45) is 0. The SMILES string of the molecule is CC(C)CN=C(N)Nc1c(F)c(F)cc(F)c1F. The molecule has 3 nitrogen and oxygen atoms in total. The zero-order chi connectivity index (χ0) is 13.9. The normalized spacial score (nSPS) is 12.1. The van der Waals surface area contributed by atoms with E-state index in [0.29, 0.717) is 6.54 Å². The molecule has 0 amide bonds. The van der Waals surface area contributed by atoms with Gasteiger partial charge in [0, 0.05) is 12.6 Å². The number of nitrogens with one attached hydrogen (secondary N) is 1. The summed E-state index contributed by atoms with van der Waals surface area (Å²) >= 11 is 0. The zero-order valence-corrected chi connectivity index (χ0v) is 9.90. The second kappa shape index (κ2) is 5.70. The first-order valence-corrected chi connectivity index (χ1v) is 5.22. The molecule has 0 saturated heterocycles. The Bertz CT molecular complexity index is 446. The Kier molecular flexibility index (Phi) is 4.52. The van der Waals surface area contributed by atoms with Crippen LogP contribution in [0.4, 0.5) is 23.2 Å². The van der Waals surface area contributed by atoms with Crippen molar-refractivity contribution in [3.8, 4) is 0 Å². The lowest BCUT2D eigenvalue weighted by Crippen LogP contribution is -2.25. The second-order valence-corrected chi connectivity index (χ2v) is 4.09. The fourth-order valence-electron chi connectivity index (χ4n) is 1.13. The Morgan fingerprint density at radius 3 is 2.17 bits per heavy atom. The van der Waals surface area contributed by atoms with E-state index >= 15 is 0 Å². The Balaban J connectivity index is 3.01. The van der Waals surface area contributed by atoms with Crippen LogP contribution in [-0.4, -0.2) is 12.5 Å². The highest BCUT2D eigenvalue weighted by Crippen LogP contribution is 2.23. The van der Waals surface area contributed by atoms with Gasteiger partial charge in [-0.25, -0.2) is 17.6 Å². The van der Waals surface area contributed by atoms with Crippen LogP contribution in [0.25, 0.3) is 0 Å². The molecule has 100 valence electrons. The van der Waals surface area contributed by atoms with E-state index in [0.717, 1.165) is 0 Å². The Hall–Kier alpha value is -1.79. The van der Waals surface area contributed by atoms with E-state index in [-0.39, 0.29) is 17.9 Å². The summed E-state index contributed by atoms with van der Waals surface area (Å²) in [5.74, 6) is -6.23. The van der Waals surface area contributed by atoms with Crippen LogP contribution in [0.3, 0.4) is 0 Å². The lowest BCUT2D eigenvalue weighted by Gasteiger charge is -2.09. The smallest absolute Gasteiger partial charge is 0.193 e. The van der Waals surface area contributed by atoms with Gasteiger partial charge in [-0.1, -0.05) is 13.8 Å². The van der Waals surface area contributed by atoms with Crippen molar-refractivity contribution in [1.29, 1.82) is 0 Å². The number of halogens is 4. The maximum atomic E-state index is 13.2. The second-order valence-electron chi connectivity index (χ2n) is 4.09. The standard InChI is InChI=1S/C11H13F4N3/c1-5(2)4-17-11(16)18-10-8(14)6(12)3-7(13)9(10)15/h3,5H,4H2,1-2H3,(H3,16,17,18). The first-order valence-electron chi connectivity index (χ1n) is 5.22. The van der Waals surface area contributed by atoms with Crippen LogP contribution in [-0.2, 0) is 0 Å². The summed E-state index contributed by atoms with van der Waals surface area (Å²) in [4.78, 5) is 3.77. The third-order valence-electron chi connectivity index (χ3n) is 1.99. The number of rotatable bonds is 3. The van der Waals surface area contributed by atoms with Gasteiger partial charge < -0.3 is 11.1 Å². The third-order valence-corrected chi connectivity index (χ3v) is 1.99. The number of hydrogen-bond donors (Lipinski definition) is 2. The predicted molar refractivity (Wildman–Crippen MR) is 61.2 cm³/mol. The third kappa shape index (κ3) is 3.35. The summed E-state index contributed by atoms with van der Waals surface area (Å²) < 4.78 is 52.3. The van der Waals surface area contributed by atoms with Crippen LogP contribution in [0.15, 0.2) is 11.1 Å². The van der Waals surface area contributed by atoms with Gasteiger partial charge in [-0.2, -0.15) is 0 Å². The number of nitrogens with zero attached hydrogens (tertiary/aromatic N) is 1. The molecule has 0 fully saturated rings. The van der Waals surface area contributed by atoms with Gasteiger partial charge in [0.1, 0.15) is 5.69 Å². The van der Waals surface area contributed by atoms with Gasteiger partial charge in [-0.15, -0.1) is 0 Å². The van der Waals surface area contributed by atoms with Crippen LogP contribution < -0.4 is 11.1 Å². The highest BCUT2D eigenvalue weighted by molar-refractivity contribution is 5.92. The van der Waals surface area contributed by atoms with E-state index in [4.69, 9.17) is 5.73 Å². The van der Waals surface area contributed by atoms with E-state index in [1.54, 1.807) is 0 Å². The van der Waals surface area contributed by atoms with Crippen molar-refractivity contribution in [2.24, 2.45) is 16.6 Å². The van der Waals surface area contributed by atoms with Gasteiger partial charge in [-0.05, 0) is 5.92 Å². The molecular weight excluding hydrogens is 250 g/mol. The average molecular weight is 263 g/mol. The molecule has 3 N–H and O–H groups in total. The van der Waals surface area contributed by atoms with Gasteiger partial charge in [0.25, 0.3) is 0 Å². The molecule has 0 aromatic heterocycles.